The fraction of sp³-hybridized carbons (Fsp3) is 0.158. The van der Waals surface area contributed by atoms with Crippen molar-refractivity contribution in [3.8, 4) is 5.88 Å². The second-order valence-corrected chi connectivity index (χ2v) is 6.83. The van der Waals surface area contributed by atoms with Gasteiger partial charge in [0.1, 0.15) is 0 Å². The Morgan fingerprint density at radius 1 is 1.03 bits per heavy atom. The first-order chi connectivity index (χ1) is 13.8. The van der Waals surface area contributed by atoms with Crippen LogP contribution in [0.5, 0.6) is 5.88 Å². The molecule has 148 valence electrons. The highest BCUT2D eigenvalue weighted by atomic mass is 32.1. The van der Waals surface area contributed by atoms with Gasteiger partial charge in [-0.3, -0.25) is 4.98 Å². The van der Waals surface area contributed by atoms with Gasteiger partial charge in [0, 0.05) is 18.7 Å². The van der Waals surface area contributed by atoms with E-state index in [1.807, 2.05) is 30.3 Å². The second kappa shape index (κ2) is 7.36. The number of fused-ring (bicyclic) bond motifs is 1. The SMILES string of the molecule is Oc1cc(C(S)c2ccc(C(F)(F)F)cn2)nc2nc(Cc3ccccc3)nn12. The summed E-state index contributed by atoms with van der Waals surface area (Å²) in [7, 11) is 0. The van der Waals surface area contributed by atoms with Crippen LogP contribution in [0.4, 0.5) is 13.2 Å². The lowest BCUT2D eigenvalue weighted by Crippen LogP contribution is -2.07. The molecule has 0 radical (unpaired) electrons. The van der Waals surface area contributed by atoms with Gasteiger partial charge in [-0.15, -0.1) is 5.10 Å². The highest BCUT2D eigenvalue weighted by Crippen LogP contribution is 2.32. The van der Waals surface area contributed by atoms with E-state index in [4.69, 9.17) is 0 Å². The molecule has 1 N–H and O–H groups in total. The van der Waals surface area contributed by atoms with E-state index in [1.54, 1.807) is 0 Å². The molecule has 0 saturated carbocycles. The maximum Gasteiger partial charge on any atom is 0.417 e. The van der Waals surface area contributed by atoms with E-state index < -0.39 is 17.0 Å². The van der Waals surface area contributed by atoms with Crippen molar-refractivity contribution in [1.29, 1.82) is 0 Å². The van der Waals surface area contributed by atoms with Crippen LogP contribution in [0, 0.1) is 0 Å². The second-order valence-electron chi connectivity index (χ2n) is 6.31. The minimum atomic E-state index is -4.47. The standard InChI is InChI=1S/C19H14F3N5OS/c20-19(21,22)12-6-7-13(23-10-12)17(29)14-9-16(28)27-18(24-14)25-15(26-27)8-11-4-2-1-3-5-11/h1-7,9-10,17,28-29H,8H2. The predicted octanol–water partition coefficient (Wildman–Crippen LogP) is 3.85. The van der Waals surface area contributed by atoms with Crippen LogP contribution >= 0.6 is 12.6 Å². The smallest absolute Gasteiger partial charge is 0.417 e. The molecule has 4 aromatic rings. The Balaban J connectivity index is 1.64. The van der Waals surface area contributed by atoms with Crippen molar-refractivity contribution in [3.63, 3.8) is 0 Å². The Morgan fingerprint density at radius 3 is 2.45 bits per heavy atom. The van der Waals surface area contributed by atoms with E-state index in [9.17, 15) is 18.3 Å². The minimum absolute atomic E-state index is 0.164. The average Bonchev–Trinajstić information content (AvgIpc) is 3.10. The highest BCUT2D eigenvalue weighted by Gasteiger charge is 2.31. The third-order valence-electron chi connectivity index (χ3n) is 4.24. The monoisotopic (exact) mass is 417 g/mol. The summed E-state index contributed by atoms with van der Waals surface area (Å²) < 4.78 is 39.3. The van der Waals surface area contributed by atoms with Crippen LogP contribution in [0.15, 0.2) is 54.7 Å². The van der Waals surface area contributed by atoms with Crippen molar-refractivity contribution < 1.29 is 18.3 Å². The van der Waals surface area contributed by atoms with Gasteiger partial charge in [0.25, 0.3) is 5.78 Å². The largest absolute Gasteiger partial charge is 0.493 e. The van der Waals surface area contributed by atoms with E-state index in [1.165, 1.54) is 16.6 Å². The quantitative estimate of drug-likeness (QED) is 0.494. The number of pyridine rings is 1. The molecule has 1 atom stereocenters. The van der Waals surface area contributed by atoms with Crippen LogP contribution in [0.2, 0.25) is 0 Å². The van der Waals surface area contributed by atoms with Crippen molar-refractivity contribution in [3.05, 3.63) is 83.1 Å². The van der Waals surface area contributed by atoms with Gasteiger partial charge in [-0.25, -0.2) is 4.98 Å². The molecule has 0 saturated heterocycles. The first-order valence-electron chi connectivity index (χ1n) is 8.52. The third-order valence-corrected chi connectivity index (χ3v) is 4.77. The van der Waals surface area contributed by atoms with Gasteiger partial charge in [-0.2, -0.15) is 35.3 Å². The van der Waals surface area contributed by atoms with E-state index >= 15 is 0 Å². The zero-order valence-corrected chi connectivity index (χ0v) is 15.6. The molecule has 1 unspecified atom stereocenters. The van der Waals surface area contributed by atoms with Crippen LogP contribution < -0.4 is 0 Å². The normalized spacial score (nSPS) is 13.0. The molecule has 6 nitrogen and oxygen atoms in total. The van der Waals surface area contributed by atoms with Gasteiger partial charge in [-0.1, -0.05) is 30.3 Å². The van der Waals surface area contributed by atoms with Gasteiger partial charge < -0.3 is 5.11 Å². The molecule has 1 aromatic carbocycles. The lowest BCUT2D eigenvalue weighted by atomic mass is 10.1. The van der Waals surface area contributed by atoms with Crippen LogP contribution in [0.3, 0.4) is 0 Å². The highest BCUT2D eigenvalue weighted by molar-refractivity contribution is 7.80. The zero-order chi connectivity index (χ0) is 20.6. The predicted molar refractivity (Wildman–Crippen MR) is 102 cm³/mol. The number of aromatic nitrogens is 5. The Kier molecular flexibility index (Phi) is 4.87. The van der Waals surface area contributed by atoms with E-state index in [0.29, 0.717) is 17.9 Å². The van der Waals surface area contributed by atoms with E-state index in [0.717, 1.165) is 17.8 Å². The summed E-state index contributed by atoms with van der Waals surface area (Å²) in [6.45, 7) is 0. The van der Waals surface area contributed by atoms with Crippen molar-refractivity contribution in [2.45, 2.75) is 17.8 Å². The summed E-state index contributed by atoms with van der Waals surface area (Å²) >= 11 is 4.40. The number of alkyl halides is 3. The van der Waals surface area contributed by atoms with Crippen molar-refractivity contribution in [1.82, 2.24) is 24.6 Å². The Labute approximate surface area is 168 Å². The summed E-state index contributed by atoms with van der Waals surface area (Å²) in [4.78, 5) is 12.5. The number of benzene rings is 1. The van der Waals surface area contributed by atoms with Crippen LogP contribution in [0.25, 0.3) is 5.78 Å². The molecule has 4 rings (SSSR count). The topological polar surface area (TPSA) is 76.2 Å². The molecule has 0 amide bonds. The van der Waals surface area contributed by atoms with Crippen LogP contribution in [-0.2, 0) is 12.6 Å². The summed E-state index contributed by atoms with van der Waals surface area (Å²) in [5.41, 5.74) is 0.714. The molecular weight excluding hydrogens is 403 g/mol. The molecule has 0 bridgehead atoms. The van der Waals surface area contributed by atoms with E-state index in [-0.39, 0.29) is 17.4 Å². The summed E-state index contributed by atoms with van der Waals surface area (Å²) in [6.07, 6.45) is -3.26. The van der Waals surface area contributed by atoms with Gasteiger partial charge in [0.2, 0.25) is 5.88 Å². The number of rotatable bonds is 4. The summed E-state index contributed by atoms with van der Waals surface area (Å²) in [5.74, 6) is 0.430. The number of halogens is 3. The zero-order valence-electron chi connectivity index (χ0n) is 14.7. The number of thiol groups is 1. The molecule has 10 heteroatoms. The maximum absolute atomic E-state index is 12.7. The van der Waals surface area contributed by atoms with Crippen molar-refractivity contribution >= 4 is 18.4 Å². The molecule has 0 aliphatic carbocycles. The average molecular weight is 417 g/mol. The first-order valence-corrected chi connectivity index (χ1v) is 9.03. The molecule has 0 aliphatic rings. The van der Waals surface area contributed by atoms with Gasteiger partial charge >= 0.3 is 6.18 Å². The van der Waals surface area contributed by atoms with Crippen molar-refractivity contribution in [2.24, 2.45) is 0 Å². The number of aromatic hydroxyl groups is 1. The third kappa shape index (κ3) is 4.02. The first kappa shape index (κ1) is 19.2. The van der Waals surface area contributed by atoms with Crippen LogP contribution in [0.1, 0.15) is 33.6 Å². The fourth-order valence-electron chi connectivity index (χ4n) is 2.79. The number of hydrogen-bond acceptors (Lipinski definition) is 6. The lowest BCUT2D eigenvalue weighted by molar-refractivity contribution is -0.137. The molecule has 0 fully saturated rings. The van der Waals surface area contributed by atoms with E-state index in [2.05, 4.69) is 32.7 Å². The molecule has 3 aromatic heterocycles. The number of nitrogens with zero attached hydrogens (tertiary/aromatic N) is 5. The van der Waals surface area contributed by atoms with Crippen molar-refractivity contribution in [2.75, 3.05) is 0 Å². The fourth-order valence-corrected chi connectivity index (χ4v) is 3.08. The maximum atomic E-state index is 12.7. The molecule has 0 spiro atoms. The van der Waals surface area contributed by atoms with Gasteiger partial charge in [0.05, 0.1) is 22.2 Å². The molecule has 0 aliphatic heterocycles. The summed E-state index contributed by atoms with van der Waals surface area (Å²) in [6, 6.07) is 13.1. The molecular formula is C19H14F3N5OS. The van der Waals surface area contributed by atoms with Gasteiger partial charge in [-0.05, 0) is 17.7 Å². The van der Waals surface area contributed by atoms with Gasteiger partial charge in [0.15, 0.2) is 5.82 Å². The molecule has 29 heavy (non-hydrogen) atoms. The minimum Gasteiger partial charge on any atom is -0.493 e. The Hall–Kier alpha value is -3.14. The van der Waals surface area contributed by atoms with Crippen LogP contribution in [-0.4, -0.2) is 29.7 Å². The Morgan fingerprint density at radius 2 is 1.79 bits per heavy atom. The number of hydrogen-bond donors (Lipinski definition) is 2. The summed E-state index contributed by atoms with van der Waals surface area (Å²) in [5, 5.41) is 13.8. The molecule has 3 heterocycles. The Bertz CT molecular complexity index is 1150. The lowest BCUT2D eigenvalue weighted by Gasteiger charge is -2.12.